The Morgan fingerprint density at radius 3 is 2.69 bits per heavy atom. The molecule has 0 saturated carbocycles. The topological polar surface area (TPSA) is 75.6 Å². The molecule has 2 N–H and O–H groups in total. The van der Waals surface area contributed by atoms with Crippen LogP contribution in [0.5, 0.6) is 0 Å². The van der Waals surface area contributed by atoms with Gasteiger partial charge in [-0.15, -0.1) is 11.3 Å². The van der Waals surface area contributed by atoms with Gasteiger partial charge in [0.2, 0.25) is 0 Å². The molecule has 0 unspecified atom stereocenters. The number of halogens is 1. The minimum Gasteiger partial charge on any atom is -0.480 e. The van der Waals surface area contributed by atoms with E-state index in [1.807, 2.05) is 41.8 Å². The summed E-state index contributed by atoms with van der Waals surface area (Å²) < 4.78 is 6.12. The van der Waals surface area contributed by atoms with Gasteiger partial charge in [0, 0.05) is 16.1 Å². The number of benzene rings is 2. The fraction of sp³-hybridized carbons (Fsp3) is 0.158. The number of alkyl carbamates (subject to hydrolysis) is 1. The van der Waals surface area contributed by atoms with Crippen LogP contribution in [0.3, 0.4) is 0 Å². The number of carboxylic acids is 1. The van der Waals surface area contributed by atoms with Gasteiger partial charge in [0.25, 0.3) is 0 Å². The molecule has 0 fully saturated rings. The van der Waals surface area contributed by atoms with Gasteiger partial charge in [-0.2, -0.15) is 0 Å². The molecular weight excluding hydrogens is 374 g/mol. The Kier molecular flexibility index (Phi) is 5.75. The number of rotatable bonds is 6. The van der Waals surface area contributed by atoms with E-state index in [4.69, 9.17) is 16.3 Å². The first-order valence-corrected chi connectivity index (χ1v) is 9.14. The SMILES string of the molecule is O=C(N[C@@H](Cc1csc2ccc(Cl)cc12)C(=O)O)OCc1ccccc1. The highest BCUT2D eigenvalue weighted by Crippen LogP contribution is 2.29. The number of amides is 1. The van der Waals surface area contributed by atoms with Crippen LogP contribution in [-0.2, 0) is 22.6 Å². The van der Waals surface area contributed by atoms with Gasteiger partial charge in [-0.25, -0.2) is 9.59 Å². The fourth-order valence-corrected chi connectivity index (χ4v) is 3.67. The number of aliphatic carboxylic acids is 1. The summed E-state index contributed by atoms with van der Waals surface area (Å²) in [5.74, 6) is -1.12. The van der Waals surface area contributed by atoms with E-state index in [2.05, 4.69) is 5.32 Å². The first-order valence-electron chi connectivity index (χ1n) is 7.88. The summed E-state index contributed by atoms with van der Waals surface area (Å²) in [6.07, 6.45) is -0.616. The Morgan fingerprint density at radius 2 is 1.96 bits per heavy atom. The van der Waals surface area contributed by atoms with Crippen LogP contribution in [0.15, 0.2) is 53.9 Å². The van der Waals surface area contributed by atoms with E-state index in [0.29, 0.717) is 5.02 Å². The lowest BCUT2D eigenvalue weighted by molar-refractivity contribution is -0.139. The van der Waals surface area contributed by atoms with Crippen molar-refractivity contribution in [1.29, 1.82) is 0 Å². The summed E-state index contributed by atoms with van der Waals surface area (Å²) in [6.45, 7) is 0.0794. The lowest BCUT2D eigenvalue weighted by Crippen LogP contribution is -2.42. The van der Waals surface area contributed by atoms with Crippen LogP contribution in [0.1, 0.15) is 11.1 Å². The number of hydrogen-bond donors (Lipinski definition) is 2. The highest BCUT2D eigenvalue weighted by atomic mass is 35.5. The third-order valence-corrected chi connectivity index (χ3v) is 5.09. The summed E-state index contributed by atoms with van der Waals surface area (Å²) in [5, 5.41) is 15.2. The average Bonchev–Trinajstić information content (AvgIpc) is 3.02. The molecule has 0 radical (unpaired) electrons. The maximum atomic E-state index is 12.0. The first kappa shape index (κ1) is 18.2. The van der Waals surface area contributed by atoms with Crippen LogP contribution in [0, 0.1) is 0 Å². The molecule has 1 atom stereocenters. The average molecular weight is 390 g/mol. The summed E-state index contributed by atoms with van der Waals surface area (Å²) in [4.78, 5) is 23.5. The van der Waals surface area contributed by atoms with E-state index < -0.39 is 18.1 Å². The molecule has 7 heteroatoms. The zero-order valence-corrected chi connectivity index (χ0v) is 15.2. The van der Waals surface area contributed by atoms with E-state index in [1.54, 1.807) is 12.1 Å². The molecule has 3 aromatic rings. The van der Waals surface area contributed by atoms with Crippen LogP contribution in [0.25, 0.3) is 10.1 Å². The van der Waals surface area contributed by atoms with Crippen molar-refractivity contribution >= 4 is 45.1 Å². The lowest BCUT2D eigenvalue weighted by atomic mass is 10.1. The second-order valence-electron chi connectivity index (χ2n) is 5.70. The zero-order valence-electron chi connectivity index (χ0n) is 13.6. The van der Waals surface area contributed by atoms with Gasteiger partial charge in [-0.05, 0) is 40.1 Å². The molecule has 0 aliphatic heterocycles. The van der Waals surface area contributed by atoms with E-state index in [0.717, 1.165) is 21.2 Å². The molecule has 1 amide bonds. The Hall–Kier alpha value is -2.57. The van der Waals surface area contributed by atoms with E-state index in [-0.39, 0.29) is 13.0 Å². The molecular formula is C19H16ClNO4S. The van der Waals surface area contributed by atoms with Crippen molar-refractivity contribution in [2.24, 2.45) is 0 Å². The van der Waals surface area contributed by atoms with Gasteiger partial charge in [0.1, 0.15) is 12.6 Å². The van der Waals surface area contributed by atoms with E-state index >= 15 is 0 Å². The van der Waals surface area contributed by atoms with Gasteiger partial charge in [0.15, 0.2) is 0 Å². The Labute approximate surface area is 159 Å². The van der Waals surface area contributed by atoms with Crippen LogP contribution in [0.4, 0.5) is 4.79 Å². The second-order valence-corrected chi connectivity index (χ2v) is 7.05. The third-order valence-electron chi connectivity index (χ3n) is 3.84. The predicted octanol–water partition coefficient (Wildman–Crippen LogP) is 4.48. The number of fused-ring (bicyclic) bond motifs is 1. The molecule has 1 heterocycles. The summed E-state index contributed by atoms with van der Waals surface area (Å²) in [5.41, 5.74) is 1.65. The zero-order chi connectivity index (χ0) is 18.5. The summed E-state index contributed by atoms with van der Waals surface area (Å²) >= 11 is 7.54. The van der Waals surface area contributed by atoms with Crippen LogP contribution >= 0.6 is 22.9 Å². The van der Waals surface area contributed by atoms with Crippen molar-refractivity contribution in [3.63, 3.8) is 0 Å². The highest BCUT2D eigenvalue weighted by molar-refractivity contribution is 7.17. The molecule has 2 aromatic carbocycles. The maximum Gasteiger partial charge on any atom is 0.408 e. The number of thiophene rings is 1. The fourth-order valence-electron chi connectivity index (χ4n) is 2.54. The van der Waals surface area contributed by atoms with Crippen LogP contribution in [0.2, 0.25) is 5.02 Å². The van der Waals surface area contributed by atoms with E-state index in [1.165, 1.54) is 11.3 Å². The molecule has 1 aromatic heterocycles. The molecule has 0 bridgehead atoms. The predicted molar refractivity (Wildman–Crippen MR) is 102 cm³/mol. The number of carboxylic acid groups (broad SMARTS) is 1. The second kappa shape index (κ2) is 8.21. The molecule has 0 aliphatic carbocycles. The third kappa shape index (κ3) is 4.53. The van der Waals surface area contributed by atoms with Crippen LogP contribution in [-0.4, -0.2) is 23.2 Å². The van der Waals surface area contributed by atoms with Crippen molar-refractivity contribution < 1.29 is 19.4 Å². The minimum atomic E-state index is -1.12. The van der Waals surface area contributed by atoms with Gasteiger partial charge in [-0.3, -0.25) is 0 Å². The monoisotopic (exact) mass is 389 g/mol. The van der Waals surface area contributed by atoms with Crippen molar-refractivity contribution in [3.8, 4) is 0 Å². The van der Waals surface area contributed by atoms with E-state index in [9.17, 15) is 14.7 Å². The number of carbonyl (C=O) groups is 2. The molecule has 3 rings (SSSR count). The number of nitrogens with one attached hydrogen (secondary N) is 1. The molecule has 5 nitrogen and oxygen atoms in total. The maximum absolute atomic E-state index is 12.0. The van der Waals surface area contributed by atoms with Gasteiger partial charge >= 0.3 is 12.1 Å². The minimum absolute atomic E-state index is 0.0794. The Balaban J connectivity index is 1.66. The molecule has 0 saturated heterocycles. The molecule has 134 valence electrons. The lowest BCUT2D eigenvalue weighted by Gasteiger charge is -2.14. The first-order chi connectivity index (χ1) is 12.5. The normalized spacial score (nSPS) is 11.9. The van der Waals surface area contributed by atoms with Gasteiger partial charge < -0.3 is 15.2 Å². The Bertz CT molecular complexity index is 926. The largest absolute Gasteiger partial charge is 0.480 e. The van der Waals surface area contributed by atoms with Crippen molar-refractivity contribution in [2.45, 2.75) is 19.1 Å². The summed E-state index contributed by atoms with van der Waals surface area (Å²) in [6, 6.07) is 13.6. The number of hydrogen-bond acceptors (Lipinski definition) is 4. The van der Waals surface area contributed by atoms with Gasteiger partial charge in [0.05, 0.1) is 0 Å². The van der Waals surface area contributed by atoms with Crippen molar-refractivity contribution in [1.82, 2.24) is 5.32 Å². The molecule has 0 spiro atoms. The highest BCUT2D eigenvalue weighted by Gasteiger charge is 2.22. The Morgan fingerprint density at radius 1 is 1.19 bits per heavy atom. The van der Waals surface area contributed by atoms with Crippen LogP contribution < -0.4 is 5.32 Å². The number of ether oxygens (including phenoxy) is 1. The summed E-state index contributed by atoms with van der Waals surface area (Å²) in [7, 11) is 0. The standard InChI is InChI=1S/C19H16ClNO4S/c20-14-6-7-17-15(9-14)13(11-26-17)8-16(18(22)23)21-19(24)25-10-12-4-2-1-3-5-12/h1-7,9,11,16H,8,10H2,(H,21,24)(H,22,23)/t16-/m0/s1. The molecule has 26 heavy (non-hydrogen) atoms. The molecule has 0 aliphatic rings. The van der Waals surface area contributed by atoms with Gasteiger partial charge in [-0.1, -0.05) is 41.9 Å². The van der Waals surface area contributed by atoms with Crippen molar-refractivity contribution in [3.05, 3.63) is 70.1 Å². The smallest absolute Gasteiger partial charge is 0.408 e. The number of carbonyl (C=O) groups excluding carboxylic acids is 1. The quantitative estimate of drug-likeness (QED) is 0.651. The van der Waals surface area contributed by atoms with Crippen molar-refractivity contribution in [2.75, 3.05) is 0 Å².